The molecule has 0 bridgehead atoms. The zero-order chi connectivity index (χ0) is 12.4. The summed E-state index contributed by atoms with van der Waals surface area (Å²) in [7, 11) is 0. The summed E-state index contributed by atoms with van der Waals surface area (Å²) in [5.74, 6) is -1.73. The molecule has 0 aliphatic rings. The van der Waals surface area contributed by atoms with Crippen LogP contribution in [0, 0.1) is 0 Å². The number of aliphatic hydroxyl groups is 1. The van der Waals surface area contributed by atoms with Crippen molar-refractivity contribution in [1.82, 2.24) is 0 Å². The number of aliphatic hydroxyl groups excluding tert-OH is 1. The molecule has 0 saturated heterocycles. The van der Waals surface area contributed by atoms with Crippen LogP contribution in [0.4, 0.5) is 0 Å². The first-order valence-electron chi connectivity index (χ1n) is 4.69. The molecule has 0 atom stereocenters. The third-order valence-corrected chi connectivity index (χ3v) is 1.57. The molecule has 0 fully saturated rings. The molecule has 0 aromatic heterocycles. The van der Waals surface area contributed by atoms with Crippen LogP contribution >= 0.6 is 0 Å². The van der Waals surface area contributed by atoms with Crippen molar-refractivity contribution < 1.29 is 24.9 Å². The maximum absolute atomic E-state index is 10.2. The Morgan fingerprint density at radius 2 is 1.62 bits per heavy atom. The van der Waals surface area contributed by atoms with Gasteiger partial charge in [-0.2, -0.15) is 0 Å². The van der Waals surface area contributed by atoms with E-state index in [0.29, 0.717) is 12.0 Å². The molecule has 0 heterocycles. The van der Waals surface area contributed by atoms with Crippen LogP contribution in [-0.2, 0) is 4.79 Å². The van der Waals surface area contributed by atoms with E-state index in [1.807, 2.05) is 0 Å². The summed E-state index contributed by atoms with van der Waals surface area (Å²) in [6, 6.07) is 8.30. The molecule has 1 aromatic carbocycles. The van der Waals surface area contributed by atoms with Gasteiger partial charge >= 0.3 is 11.9 Å². The minimum Gasteiger partial charge on any atom is -0.481 e. The van der Waals surface area contributed by atoms with Crippen LogP contribution < -0.4 is 0 Å². The van der Waals surface area contributed by atoms with Crippen molar-refractivity contribution in [2.75, 3.05) is 6.61 Å². The van der Waals surface area contributed by atoms with Crippen LogP contribution in [0.2, 0.25) is 0 Å². The van der Waals surface area contributed by atoms with E-state index in [4.69, 9.17) is 15.3 Å². The highest BCUT2D eigenvalue weighted by Gasteiger charge is 1.96. The monoisotopic (exact) mass is 226 g/mol. The number of rotatable bonds is 4. The zero-order valence-electron chi connectivity index (χ0n) is 8.67. The number of carboxylic acid groups (broad SMARTS) is 2. The van der Waals surface area contributed by atoms with Gasteiger partial charge in [0.15, 0.2) is 0 Å². The van der Waals surface area contributed by atoms with Crippen molar-refractivity contribution >= 4 is 11.9 Å². The third kappa shape index (κ3) is 7.52. The Bertz CT molecular complexity index is 320. The lowest BCUT2D eigenvalue weighted by atomic mass is 10.2. The van der Waals surface area contributed by atoms with Gasteiger partial charge in [-0.1, -0.05) is 18.2 Å². The zero-order valence-corrected chi connectivity index (χ0v) is 8.67. The highest BCUT2D eigenvalue weighted by atomic mass is 16.4. The Morgan fingerprint density at radius 3 is 1.88 bits per heavy atom. The SMILES string of the molecule is O=C(O)CCCO.O=C(O)c1ccccc1. The average molecular weight is 226 g/mol. The minimum absolute atomic E-state index is 0.0354. The van der Waals surface area contributed by atoms with Gasteiger partial charge in [0.05, 0.1) is 5.56 Å². The number of carbonyl (C=O) groups is 2. The molecular formula is C11H14O5. The summed E-state index contributed by atoms with van der Waals surface area (Å²) in [6.07, 6.45) is 0.422. The standard InChI is InChI=1S/C7H6O2.C4H8O3/c8-7(9)6-4-2-1-3-5-6;5-3-1-2-4(6)7/h1-5H,(H,8,9);5H,1-3H2,(H,6,7). The van der Waals surface area contributed by atoms with Crippen molar-refractivity contribution in [3.05, 3.63) is 35.9 Å². The van der Waals surface area contributed by atoms with E-state index in [9.17, 15) is 9.59 Å². The fourth-order valence-corrected chi connectivity index (χ4v) is 0.811. The molecule has 1 aromatic rings. The van der Waals surface area contributed by atoms with Gasteiger partial charge in [-0.15, -0.1) is 0 Å². The maximum atomic E-state index is 10.2. The van der Waals surface area contributed by atoms with Crippen LogP contribution in [0.5, 0.6) is 0 Å². The van der Waals surface area contributed by atoms with Gasteiger partial charge in [0.2, 0.25) is 0 Å². The Balaban J connectivity index is 0.000000293. The van der Waals surface area contributed by atoms with E-state index in [2.05, 4.69) is 0 Å². The van der Waals surface area contributed by atoms with Crippen molar-refractivity contribution in [2.24, 2.45) is 0 Å². The van der Waals surface area contributed by atoms with Gasteiger partial charge in [0.1, 0.15) is 0 Å². The second-order valence-corrected chi connectivity index (χ2v) is 2.89. The number of benzene rings is 1. The van der Waals surface area contributed by atoms with Crippen molar-refractivity contribution in [3.8, 4) is 0 Å². The Kier molecular flexibility index (Phi) is 7.44. The fourth-order valence-electron chi connectivity index (χ4n) is 0.811. The maximum Gasteiger partial charge on any atom is 0.335 e. The van der Waals surface area contributed by atoms with E-state index in [0.717, 1.165) is 0 Å². The highest BCUT2D eigenvalue weighted by molar-refractivity contribution is 5.87. The van der Waals surface area contributed by atoms with Gasteiger partial charge in [-0.05, 0) is 18.6 Å². The second-order valence-electron chi connectivity index (χ2n) is 2.89. The topological polar surface area (TPSA) is 94.8 Å². The normalized spacial score (nSPS) is 8.81. The Hall–Kier alpha value is -1.88. The van der Waals surface area contributed by atoms with Crippen LogP contribution in [0.1, 0.15) is 23.2 Å². The van der Waals surface area contributed by atoms with E-state index in [1.54, 1.807) is 30.3 Å². The molecule has 1 rings (SSSR count). The number of aliphatic carboxylic acids is 1. The smallest absolute Gasteiger partial charge is 0.335 e. The summed E-state index contributed by atoms with van der Waals surface area (Å²) in [5.41, 5.74) is 0.331. The molecule has 0 saturated carbocycles. The van der Waals surface area contributed by atoms with Crippen molar-refractivity contribution in [2.45, 2.75) is 12.8 Å². The lowest BCUT2D eigenvalue weighted by Gasteiger charge is -1.88. The Morgan fingerprint density at radius 1 is 1.06 bits per heavy atom. The van der Waals surface area contributed by atoms with E-state index in [1.165, 1.54) is 0 Å². The summed E-state index contributed by atoms with van der Waals surface area (Å²) >= 11 is 0. The van der Waals surface area contributed by atoms with Crippen molar-refractivity contribution in [1.29, 1.82) is 0 Å². The molecule has 5 nitrogen and oxygen atoms in total. The molecule has 0 unspecified atom stereocenters. The summed E-state index contributed by atoms with van der Waals surface area (Å²) < 4.78 is 0. The second kappa shape index (κ2) is 8.43. The lowest BCUT2D eigenvalue weighted by Crippen LogP contribution is -1.95. The first kappa shape index (κ1) is 14.1. The number of carboxylic acids is 2. The fraction of sp³-hybridized carbons (Fsp3) is 0.273. The molecule has 0 amide bonds. The molecule has 16 heavy (non-hydrogen) atoms. The summed E-state index contributed by atoms with van der Waals surface area (Å²) in [4.78, 5) is 19.8. The summed E-state index contributed by atoms with van der Waals surface area (Å²) in [5, 5.41) is 24.4. The van der Waals surface area contributed by atoms with Gasteiger partial charge in [0, 0.05) is 13.0 Å². The van der Waals surface area contributed by atoms with Crippen LogP contribution in [0.25, 0.3) is 0 Å². The van der Waals surface area contributed by atoms with Crippen LogP contribution in [0.15, 0.2) is 30.3 Å². The average Bonchev–Trinajstić information content (AvgIpc) is 2.28. The first-order chi connectivity index (χ1) is 7.57. The van der Waals surface area contributed by atoms with Crippen LogP contribution in [0.3, 0.4) is 0 Å². The molecule has 88 valence electrons. The molecule has 5 heteroatoms. The molecule has 0 spiro atoms. The van der Waals surface area contributed by atoms with Crippen molar-refractivity contribution in [3.63, 3.8) is 0 Å². The quantitative estimate of drug-likeness (QED) is 0.717. The van der Waals surface area contributed by atoms with Crippen LogP contribution in [-0.4, -0.2) is 33.9 Å². The minimum atomic E-state index is -0.879. The van der Waals surface area contributed by atoms with E-state index < -0.39 is 11.9 Å². The number of aromatic carboxylic acids is 1. The van der Waals surface area contributed by atoms with Gasteiger partial charge < -0.3 is 15.3 Å². The van der Waals surface area contributed by atoms with E-state index in [-0.39, 0.29) is 13.0 Å². The van der Waals surface area contributed by atoms with E-state index >= 15 is 0 Å². The highest BCUT2D eigenvalue weighted by Crippen LogP contribution is 1.96. The molecule has 3 N–H and O–H groups in total. The first-order valence-corrected chi connectivity index (χ1v) is 4.69. The number of hydrogen-bond acceptors (Lipinski definition) is 3. The predicted molar refractivity (Wildman–Crippen MR) is 57.4 cm³/mol. The molecule has 0 radical (unpaired) electrons. The molecule has 0 aliphatic heterocycles. The number of hydrogen-bond donors (Lipinski definition) is 3. The largest absolute Gasteiger partial charge is 0.481 e. The predicted octanol–water partition coefficient (Wildman–Crippen LogP) is 1.23. The molecular weight excluding hydrogens is 212 g/mol. The van der Waals surface area contributed by atoms with Gasteiger partial charge in [-0.25, -0.2) is 4.79 Å². The van der Waals surface area contributed by atoms with Gasteiger partial charge in [-0.3, -0.25) is 4.79 Å². The van der Waals surface area contributed by atoms with Gasteiger partial charge in [0.25, 0.3) is 0 Å². The lowest BCUT2D eigenvalue weighted by molar-refractivity contribution is -0.137. The molecule has 0 aliphatic carbocycles. The summed E-state index contributed by atoms with van der Waals surface area (Å²) in [6.45, 7) is -0.0354. The third-order valence-electron chi connectivity index (χ3n) is 1.57. The Labute approximate surface area is 93.0 Å².